The molecule has 69 heavy (non-hydrogen) atoms. The fourth-order valence-corrected chi connectivity index (χ4v) is 7.60. The number of carbonyl (C=O) groups excluding carboxylic acids is 5. The molecule has 0 aliphatic rings. The van der Waals surface area contributed by atoms with Crippen molar-refractivity contribution < 1.29 is 43.8 Å². The molecule has 5 atom stereocenters. The molecule has 21 heteroatoms. The molecule has 4 rings (SSSR count). The first kappa shape index (κ1) is 54.3. The number of aliphatic carboxylic acids is 2. The normalized spacial score (nSPS) is 13.3. The van der Waals surface area contributed by atoms with Gasteiger partial charge in [0.05, 0.1) is 18.4 Å². The Morgan fingerprint density at radius 2 is 1.41 bits per heavy atom. The molecule has 0 fully saturated rings. The van der Waals surface area contributed by atoms with E-state index in [-0.39, 0.29) is 79.7 Å². The Bertz CT molecular complexity index is 2370. The molecule has 0 saturated carbocycles. The van der Waals surface area contributed by atoms with E-state index in [1.165, 1.54) is 12.1 Å². The Morgan fingerprint density at radius 1 is 0.754 bits per heavy atom. The number of ketones is 1. The predicted octanol–water partition coefficient (Wildman–Crippen LogP) is 2.91. The van der Waals surface area contributed by atoms with Crippen LogP contribution in [0, 0.1) is 11.8 Å². The maximum atomic E-state index is 13.8. The number of nitrogens with zero attached hydrogens (tertiary/aromatic N) is 5. The predicted molar refractivity (Wildman–Crippen MR) is 259 cm³/mol. The van der Waals surface area contributed by atoms with Crippen molar-refractivity contribution in [2.45, 2.75) is 116 Å². The van der Waals surface area contributed by atoms with Crippen molar-refractivity contribution in [2.24, 2.45) is 17.6 Å². The number of carboxylic acids is 2. The van der Waals surface area contributed by atoms with Gasteiger partial charge in [0.25, 0.3) is 5.91 Å². The van der Waals surface area contributed by atoms with E-state index in [1.54, 1.807) is 25.4 Å². The molecule has 0 radical (unpaired) electrons. The van der Waals surface area contributed by atoms with Crippen LogP contribution in [0.3, 0.4) is 0 Å². The van der Waals surface area contributed by atoms with Crippen LogP contribution in [0.2, 0.25) is 0 Å². The number of benzene rings is 2. The molecule has 2 aromatic carbocycles. The van der Waals surface area contributed by atoms with E-state index in [4.69, 9.17) is 17.2 Å². The Hall–Kier alpha value is -7.29. The van der Waals surface area contributed by atoms with E-state index >= 15 is 0 Å². The molecular weight excluding hydrogens is 889 g/mol. The van der Waals surface area contributed by atoms with Crippen molar-refractivity contribution in [2.75, 3.05) is 36.5 Å². The zero-order chi connectivity index (χ0) is 50.5. The average molecular weight is 955 g/mol. The standard InChI is InChI=1S/C48H66N12O9/c1-4-12-29(2)38(61)26-32(25-30-13-6-5-7-14-30)44(64)55-35(15-8-10-23-49)45(65)57-36(46(66)67)16-9-11-24-52-39(62)22-21-37(47(68)69)56-43(63)31-17-19-34(20-18-31)60(3)28-33-27-53-42-40(54-33)41(50)58-48(51)59-42/h5-7,13-14,17-20,27,29,32,35-37H,4,8-12,15-16,21-26,28,49H2,1-3H3,(H,52,62)(H,55,64)(H,56,63)(H,57,65)(H,66,67)(H,68,69)(H4,50,51,53,58,59)/t29?,32?,35?,36?,37-/m0/s1. The molecule has 0 aliphatic heterocycles. The first-order chi connectivity index (χ1) is 33.0. The van der Waals surface area contributed by atoms with Gasteiger partial charge in [-0.3, -0.25) is 24.0 Å². The van der Waals surface area contributed by atoms with Crippen LogP contribution in [0.4, 0.5) is 17.5 Å². The first-order valence-corrected chi connectivity index (χ1v) is 23.3. The second-order valence-corrected chi connectivity index (χ2v) is 17.1. The summed E-state index contributed by atoms with van der Waals surface area (Å²) in [6, 6.07) is 12.0. The topological polar surface area (TPSA) is 341 Å². The second-order valence-electron chi connectivity index (χ2n) is 17.1. The van der Waals surface area contributed by atoms with E-state index in [0.29, 0.717) is 56.4 Å². The number of anilines is 3. The first-order valence-electron chi connectivity index (χ1n) is 23.3. The number of hydrogen-bond acceptors (Lipinski definition) is 15. The summed E-state index contributed by atoms with van der Waals surface area (Å²) in [4.78, 5) is 109. The minimum Gasteiger partial charge on any atom is -0.480 e. The van der Waals surface area contributed by atoms with Crippen molar-refractivity contribution >= 4 is 70.0 Å². The van der Waals surface area contributed by atoms with Gasteiger partial charge in [-0.25, -0.2) is 19.6 Å². The third kappa shape index (κ3) is 17.7. The van der Waals surface area contributed by atoms with Crippen LogP contribution in [0.5, 0.6) is 0 Å². The number of amides is 4. The van der Waals surface area contributed by atoms with Crippen LogP contribution in [0.25, 0.3) is 11.2 Å². The Labute approximate surface area is 401 Å². The molecule has 4 aromatic rings. The molecule has 372 valence electrons. The maximum absolute atomic E-state index is 13.8. The number of nitrogens with two attached hydrogens (primary N) is 3. The highest BCUT2D eigenvalue weighted by Crippen LogP contribution is 2.21. The van der Waals surface area contributed by atoms with E-state index < -0.39 is 59.6 Å². The summed E-state index contributed by atoms with van der Waals surface area (Å²) in [5, 5.41) is 30.3. The van der Waals surface area contributed by atoms with Gasteiger partial charge in [-0.15, -0.1) is 0 Å². The zero-order valence-corrected chi connectivity index (χ0v) is 39.5. The van der Waals surface area contributed by atoms with E-state index in [0.717, 1.165) is 17.7 Å². The molecule has 12 N–H and O–H groups in total. The number of nitrogen functional groups attached to an aromatic ring is 2. The fourth-order valence-electron chi connectivity index (χ4n) is 7.60. The number of hydrogen-bond donors (Lipinski definition) is 9. The van der Waals surface area contributed by atoms with Gasteiger partial charge in [0.2, 0.25) is 23.7 Å². The van der Waals surface area contributed by atoms with E-state index in [9.17, 15) is 43.8 Å². The van der Waals surface area contributed by atoms with Gasteiger partial charge in [-0.1, -0.05) is 50.6 Å². The molecule has 0 spiro atoms. The van der Waals surface area contributed by atoms with Gasteiger partial charge in [0.15, 0.2) is 17.0 Å². The van der Waals surface area contributed by atoms with Gasteiger partial charge < -0.3 is 53.6 Å². The van der Waals surface area contributed by atoms with Crippen molar-refractivity contribution in [3.63, 3.8) is 0 Å². The van der Waals surface area contributed by atoms with Crippen LogP contribution < -0.4 is 43.4 Å². The van der Waals surface area contributed by atoms with Gasteiger partial charge in [0, 0.05) is 49.5 Å². The third-order valence-electron chi connectivity index (χ3n) is 11.6. The number of carbonyl (C=O) groups is 7. The molecule has 4 amide bonds. The molecule has 0 aliphatic carbocycles. The highest BCUT2D eigenvalue weighted by atomic mass is 16.4. The summed E-state index contributed by atoms with van der Waals surface area (Å²) in [5.74, 6) is -5.77. The Kier molecular flexibility index (Phi) is 21.7. The minimum atomic E-state index is -1.36. The smallest absolute Gasteiger partial charge is 0.326 e. The van der Waals surface area contributed by atoms with Crippen molar-refractivity contribution in [3.8, 4) is 0 Å². The summed E-state index contributed by atoms with van der Waals surface area (Å²) in [6.45, 7) is 4.66. The lowest BCUT2D eigenvalue weighted by atomic mass is 9.88. The van der Waals surface area contributed by atoms with Crippen LogP contribution in [0.15, 0.2) is 60.8 Å². The minimum absolute atomic E-state index is 0.00309. The highest BCUT2D eigenvalue weighted by molar-refractivity contribution is 5.97. The summed E-state index contributed by atoms with van der Waals surface area (Å²) in [6.07, 6.45) is 4.85. The summed E-state index contributed by atoms with van der Waals surface area (Å²) >= 11 is 0. The van der Waals surface area contributed by atoms with Crippen molar-refractivity contribution in [3.05, 3.63) is 77.6 Å². The molecule has 0 bridgehead atoms. The van der Waals surface area contributed by atoms with Crippen LogP contribution in [-0.2, 0) is 41.7 Å². The Balaban J connectivity index is 1.23. The number of unbranched alkanes of at least 4 members (excludes halogenated alkanes) is 2. The number of carboxylic acid groups (broad SMARTS) is 2. The lowest BCUT2D eigenvalue weighted by Gasteiger charge is -2.24. The van der Waals surface area contributed by atoms with Gasteiger partial charge in [-0.05, 0) is 94.2 Å². The summed E-state index contributed by atoms with van der Waals surface area (Å²) in [5.41, 5.74) is 20.2. The molecule has 0 saturated heterocycles. The monoisotopic (exact) mass is 955 g/mol. The highest BCUT2D eigenvalue weighted by Gasteiger charge is 2.31. The van der Waals surface area contributed by atoms with Gasteiger partial charge in [0.1, 0.15) is 23.9 Å². The number of aromatic nitrogens is 4. The van der Waals surface area contributed by atoms with Crippen molar-refractivity contribution in [1.82, 2.24) is 41.2 Å². The second kappa shape index (κ2) is 27.5. The van der Waals surface area contributed by atoms with Gasteiger partial charge >= 0.3 is 11.9 Å². The van der Waals surface area contributed by atoms with Gasteiger partial charge in [-0.2, -0.15) is 9.97 Å². The number of Topliss-reactive ketones (excluding diaryl/α,β-unsaturated/α-hetero) is 1. The molecule has 4 unspecified atom stereocenters. The van der Waals surface area contributed by atoms with E-state index in [2.05, 4.69) is 41.2 Å². The zero-order valence-electron chi connectivity index (χ0n) is 39.5. The summed E-state index contributed by atoms with van der Waals surface area (Å²) < 4.78 is 0. The Morgan fingerprint density at radius 3 is 2.07 bits per heavy atom. The largest absolute Gasteiger partial charge is 0.480 e. The van der Waals surface area contributed by atoms with Crippen LogP contribution in [-0.4, -0.2) is 110 Å². The maximum Gasteiger partial charge on any atom is 0.326 e. The van der Waals surface area contributed by atoms with Crippen LogP contribution in [0.1, 0.15) is 106 Å². The average Bonchev–Trinajstić information content (AvgIpc) is 3.32. The number of rotatable bonds is 30. The lowest BCUT2D eigenvalue weighted by molar-refractivity contribution is -0.142. The molecule has 2 aromatic heterocycles. The number of nitrogens with one attached hydrogen (secondary N) is 4. The molecule has 21 nitrogen and oxygen atoms in total. The lowest BCUT2D eigenvalue weighted by Crippen LogP contribution is -2.53. The fraction of sp³-hybridized carbons (Fsp3) is 0.479. The molecular formula is C48H66N12O9. The number of fused-ring (bicyclic) bond motifs is 1. The third-order valence-corrected chi connectivity index (χ3v) is 11.6. The van der Waals surface area contributed by atoms with E-state index in [1.807, 2.05) is 49.1 Å². The van der Waals surface area contributed by atoms with Crippen molar-refractivity contribution in [1.29, 1.82) is 0 Å². The SMILES string of the molecule is CCCC(C)C(=O)CC(Cc1ccccc1)C(=O)NC(CCCCN)C(=O)NC(CCCCNC(=O)CC[C@H](NC(=O)c1ccc(N(C)Cc2cnc3nc(N)nc(N)c3n2)cc1)C(=O)O)C(=O)O. The summed E-state index contributed by atoms with van der Waals surface area (Å²) in [7, 11) is 1.81. The van der Waals surface area contributed by atoms with Crippen LogP contribution >= 0.6 is 0 Å². The quantitative estimate of drug-likeness (QED) is 0.0339. The molecule has 2 heterocycles.